The van der Waals surface area contributed by atoms with E-state index >= 15 is 0 Å². The summed E-state index contributed by atoms with van der Waals surface area (Å²) in [5, 5.41) is 10.2. The second-order valence-electron chi connectivity index (χ2n) is 9.79. The van der Waals surface area contributed by atoms with Crippen molar-refractivity contribution in [2.75, 3.05) is 0 Å². The lowest BCUT2D eigenvalue weighted by Crippen LogP contribution is -2.42. The van der Waals surface area contributed by atoms with Gasteiger partial charge in [0.05, 0.1) is 0 Å². The predicted octanol–water partition coefficient (Wildman–Crippen LogP) is 6.55. The number of ether oxygens (including phenoxy) is 1. The van der Waals surface area contributed by atoms with Gasteiger partial charge in [0.1, 0.15) is 17.8 Å². The average molecular weight is 449 g/mol. The molecule has 2 aromatic rings. The number of aromatic hydroxyl groups is 1. The second kappa shape index (κ2) is 9.94. The minimum Gasteiger partial charge on any atom is -0.507 e. The standard InChI is InChI=1S/C29H36O4/c1-6-29(7-2,23-12-14-24(31)21(19-23)10-9-17-30)22-13-15-25(20(3)18-22)33-26-11-8-16-28(4,5)27(26)32/h9-10,12-15,17-19,26,31H,6-8,11,16H2,1-5H3/b10-9+. The topological polar surface area (TPSA) is 63.6 Å². The molecule has 0 saturated heterocycles. The van der Waals surface area contributed by atoms with E-state index in [4.69, 9.17) is 4.74 Å². The highest BCUT2D eigenvalue weighted by Crippen LogP contribution is 2.42. The molecule has 1 unspecified atom stereocenters. The molecule has 0 amide bonds. The van der Waals surface area contributed by atoms with E-state index in [1.165, 1.54) is 11.6 Å². The van der Waals surface area contributed by atoms with E-state index in [0.29, 0.717) is 11.8 Å². The van der Waals surface area contributed by atoms with Crippen LogP contribution in [0.3, 0.4) is 0 Å². The molecule has 0 radical (unpaired) electrons. The van der Waals surface area contributed by atoms with Crippen LogP contribution in [0.25, 0.3) is 6.08 Å². The van der Waals surface area contributed by atoms with E-state index in [9.17, 15) is 14.7 Å². The fraction of sp³-hybridized carbons (Fsp3) is 0.448. The Labute approximate surface area is 197 Å². The van der Waals surface area contributed by atoms with Crippen LogP contribution in [0.15, 0.2) is 42.5 Å². The number of aldehydes is 1. The lowest BCUT2D eigenvalue weighted by Gasteiger charge is -2.35. The molecule has 4 nitrogen and oxygen atoms in total. The number of rotatable bonds is 8. The molecule has 1 fully saturated rings. The third-order valence-electron chi connectivity index (χ3n) is 7.37. The molecule has 0 aliphatic heterocycles. The van der Waals surface area contributed by atoms with Gasteiger partial charge in [-0.25, -0.2) is 0 Å². The maximum atomic E-state index is 12.8. The van der Waals surface area contributed by atoms with Crippen LogP contribution in [0.5, 0.6) is 11.5 Å². The van der Waals surface area contributed by atoms with Crippen molar-refractivity contribution in [2.24, 2.45) is 5.41 Å². The first-order valence-corrected chi connectivity index (χ1v) is 12.0. The Morgan fingerprint density at radius 2 is 1.79 bits per heavy atom. The van der Waals surface area contributed by atoms with Gasteiger partial charge in [-0.05, 0) is 86.1 Å². The van der Waals surface area contributed by atoms with Crippen molar-refractivity contribution in [2.45, 2.75) is 78.2 Å². The van der Waals surface area contributed by atoms with Crippen LogP contribution in [0.4, 0.5) is 0 Å². The average Bonchev–Trinajstić information content (AvgIpc) is 2.79. The van der Waals surface area contributed by atoms with Gasteiger partial charge < -0.3 is 9.84 Å². The number of phenols is 1. The Hall–Kier alpha value is -2.88. The predicted molar refractivity (Wildman–Crippen MR) is 133 cm³/mol. The fourth-order valence-electron chi connectivity index (χ4n) is 5.13. The van der Waals surface area contributed by atoms with Crippen LogP contribution < -0.4 is 4.74 Å². The van der Waals surface area contributed by atoms with Crippen LogP contribution in [0.2, 0.25) is 0 Å². The molecule has 1 aliphatic carbocycles. The Balaban J connectivity index is 1.96. The third-order valence-corrected chi connectivity index (χ3v) is 7.37. The molecule has 4 heteroatoms. The maximum Gasteiger partial charge on any atom is 0.178 e. The van der Waals surface area contributed by atoms with Gasteiger partial charge in [-0.3, -0.25) is 9.59 Å². The first-order valence-electron chi connectivity index (χ1n) is 12.0. The molecule has 1 N–H and O–H groups in total. The summed E-state index contributed by atoms with van der Waals surface area (Å²) in [7, 11) is 0. The van der Waals surface area contributed by atoms with Gasteiger partial charge >= 0.3 is 0 Å². The van der Waals surface area contributed by atoms with E-state index in [-0.39, 0.29) is 28.5 Å². The third kappa shape index (κ3) is 4.90. The van der Waals surface area contributed by atoms with Crippen molar-refractivity contribution >= 4 is 18.1 Å². The minimum absolute atomic E-state index is 0.151. The summed E-state index contributed by atoms with van der Waals surface area (Å²) in [5.74, 6) is 1.10. The van der Waals surface area contributed by atoms with E-state index in [2.05, 4.69) is 26.0 Å². The van der Waals surface area contributed by atoms with Gasteiger partial charge in [0.15, 0.2) is 11.9 Å². The molecule has 1 saturated carbocycles. The lowest BCUT2D eigenvalue weighted by molar-refractivity contribution is -0.137. The highest BCUT2D eigenvalue weighted by atomic mass is 16.5. The van der Waals surface area contributed by atoms with Gasteiger partial charge in [0.25, 0.3) is 0 Å². The van der Waals surface area contributed by atoms with Crippen molar-refractivity contribution in [3.63, 3.8) is 0 Å². The summed E-state index contributed by atoms with van der Waals surface area (Å²) in [5.41, 5.74) is 3.32. The molecule has 3 rings (SSSR count). The van der Waals surface area contributed by atoms with Crippen molar-refractivity contribution in [1.29, 1.82) is 0 Å². The monoisotopic (exact) mass is 448 g/mol. The molecule has 1 atom stereocenters. The van der Waals surface area contributed by atoms with E-state index in [1.54, 1.807) is 12.1 Å². The number of ketones is 1. The number of allylic oxidation sites excluding steroid dienone is 1. The van der Waals surface area contributed by atoms with Gasteiger partial charge in [-0.1, -0.05) is 45.9 Å². The SMILES string of the molecule is CCC(CC)(c1ccc(OC2CCCC(C)(C)C2=O)c(C)c1)c1ccc(O)c(/C=C/C=O)c1. The number of hydrogen-bond acceptors (Lipinski definition) is 4. The molecule has 1 aliphatic rings. The van der Waals surface area contributed by atoms with E-state index in [1.807, 2.05) is 39.0 Å². The van der Waals surface area contributed by atoms with Crippen molar-refractivity contribution in [3.05, 3.63) is 64.7 Å². The van der Waals surface area contributed by atoms with Gasteiger partial charge in [-0.2, -0.15) is 0 Å². The minimum atomic E-state index is -0.385. The van der Waals surface area contributed by atoms with Crippen LogP contribution in [0.1, 0.15) is 82.1 Å². The first kappa shape index (κ1) is 24.8. The molecule has 33 heavy (non-hydrogen) atoms. The van der Waals surface area contributed by atoms with Crippen LogP contribution in [0, 0.1) is 12.3 Å². The highest BCUT2D eigenvalue weighted by molar-refractivity contribution is 5.89. The quantitative estimate of drug-likeness (QED) is 0.368. The summed E-state index contributed by atoms with van der Waals surface area (Å²) in [6, 6.07) is 11.9. The zero-order valence-corrected chi connectivity index (χ0v) is 20.5. The number of aryl methyl sites for hydroxylation is 1. The van der Waals surface area contributed by atoms with Crippen molar-refractivity contribution in [3.8, 4) is 11.5 Å². The Morgan fingerprint density at radius 3 is 2.42 bits per heavy atom. The molecular formula is C29H36O4. The number of carbonyl (C=O) groups excluding carboxylic acids is 2. The zero-order chi connectivity index (χ0) is 24.2. The number of Topliss-reactive ketones (excluding diaryl/α,β-unsaturated/α-hetero) is 1. The smallest absolute Gasteiger partial charge is 0.178 e. The summed E-state index contributed by atoms with van der Waals surface area (Å²) in [6.07, 6.45) is 7.77. The molecule has 176 valence electrons. The summed E-state index contributed by atoms with van der Waals surface area (Å²) >= 11 is 0. The number of benzene rings is 2. The summed E-state index contributed by atoms with van der Waals surface area (Å²) in [6.45, 7) is 10.4. The van der Waals surface area contributed by atoms with Crippen LogP contribution >= 0.6 is 0 Å². The number of carbonyl (C=O) groups is 2. The molecule has 2 aromatic carbocycles. The van der Waals surface area contributed by atoms with Gasteiger partial charge in [0, 0.05) is 16.4 Å². The Bertz CT molecular complexity index is 1040. The molecule has 0 heterocycles. The molecule has 0 bridgehead atoms. The fourth-order valence-corrected chi connectivity index (χ4v) is 5.13. The van der Waals surface area contributed by atoms with Gasteiger partial charge in [0.2, 0.25) is 0 Å². The highest BCUT2D eigenvalue weighted by Gasteiger charge is 2.39. The first-order chi connectivity index (χ1) is 15.7. The van der Waals surface area contributed by atoms with Crippen molar-refractivity contribution < 1.29 is 19.4 Å². The van der Waals surface area contributed by atoms with Crippen LogP contribution in [-0.2, 0) is 15.0 Å². The number of hydrogen-bond donors (Lipinski definition) is 1. The second-order valence-corrected chi connectivity index (χ2v) is 9.79. The number of phenolic OH excluding ortho intramolecular Hbond substituents is 1. The maximum absolute atomic E-state index is 12.8. The van der Waals surface area contributed by atoms with Gasteiger partial charge in [-0.15, -0.1) is 0 Å². The van der Waals surface area contributed by atoms with E-state index in [0.717, 1.165) is 49.0 Å². The summed E-state index contributed by atoms with van der Waals surface area (Å²) in [4.78, 5) is 23.6. The Morgan fingerprint density at radius 1 is 1.12 bits per heavy atom. The largest absolute Gasteiger partial charge is 0.507 e. The lowest BCUT2D eigenvalue weighted by atomic mass is 9.70. The normalized spacial score (nSPS) is 18.5. The molecular weight excluding hydrogens is 412 g/mol. The Kier molecular flexibility index (Phi) is 7.46. The summed E-state index contributed by atoms with van der Waals surface area (Å²) < 4.78 is 6.23. The van der Waals surface area contributed by atoms with E-state index < -0.39 is 0 Å². The zero-order valence-electron chi connectivity index (χ0n) is 20.5. The molecule has 0 aromatic heterocycles. The van der Waals surface area contributed by atoms with Crippen LogP contribution in [-0.4, -0.2) is 23.3 Å². The van der Waals surface area contributed by atoms with Crippen molar-refractivity contribution in [1.82, 2.24) is 0 Å². The molecule has 0 spiro atoms.